The molecule has 19 heavy (non-hydrogen) atoms. The molecule has 2 aromatic carbocycles. The lowest BCUT2D eigenvalue weighted by atomic mass is 10.2. The lowest BCUT2D eigenvalue weighted by Crippen LogP contribution is -2.12. The van der Waals surface area contributed by atoms with Gasteiger partial charge in [-0.2, -0.15) is 0 Å². The summed E-state index contributed by atoms with van der Waals surface area (Å²) in [7, 11) is 0. The van der Waals surface area contributed by atoms with Crippen molar-refractivity contribution in [2.45, 2.75) is 0 Å². The lowest BCUT2D eigenvalue weighted by Gasteiger charge is -2.08. The smallest absolute Gasteiger partial charge is 0.255 e. The standard InChI is InChI=1S/C13H8BrClINO2/c14-9-3-1-7(5-12(9)18)13(19)17-11-6-8(16)2-4-10(11)15/h1-6,18H,(H,17,19). The molecule has 0 unspecified atom stereocenters. The van der Waals surface area contributed by atoms with Crippen molar-refractivity contribution in [2.24, 2.45) is 0 Å². The Morgan fingerprint density at radius 2 is 2.00 bits per heavy atom. The Labute approximate surface area is 137 Å². The number of rotatable bonds is 2. The second-order valence-corrected chi connectivity index (χ2v) is 6.25. The molecule has 0 bridgehead atoms. The van der Waals surface area contributed by atoms with Crippen molar-refractivity contribution < 1.29 is 9.90 Å². The van der Waals surface area contributed by atoms with E-state index in [9.17, 15) is 9.90 Å². The number of hydrogen-bond acceptors (Lipinski definition) is 2. The van der Waals surface area contributed by atoms with E-state index in [1.165, 1.54) is 6.07 Å². The molecule has 0 aromatic heterocycles. The third-order valence-corrected chi connectivity index (χ3v) is 4.06. The van der Waals surface area contributed by atoms with Gasteiger partial charge in [-0.1, -0.05) is 11.6 Å². The third kappa shape index (κ3) is 3.61. The second kappa shape index (κ2) is 6.11. The fourth-order valence-electron chi connectivity index (χ4n) is 1.44. The first kappa shape index (κ1) is 14.6. The zero-order valence-electron chi connectivity index (χ0n) is 9.45. The molecule has 0 heterocycles. The van der Waals surface area contributed by atoms with E-state index in [2.05, 4.69) is 43.8 Å². The first-order valence-corrected chi connectivity index (χ1v) is 7.47. The van der Waals surface area contributed by atoms with Gasteiger partial charge in [-0.3, -0.25) is 4.79 Å². The van der Waals surface area contributed by atoms with Crippen molar-refractivity contribution in [3.8, 4) is 5.75 Å². The summed E-state index contributed by atoms with van der Waals surface area (Å²) >= 11 is 11.3. The summed E-state index contributed by atoms with van der Waals surface area (Å²) in [5.41, 5.74) is 0.900. The maximum Gasteiger partial charge on any atom is 0.255 e. The molecular formula is C13H8BrClINO2. The van der Waals surface area contributed by atoms with Crippen molar-refractivity contribution in [3.05, 3.63) is 55.0 Å². The van der Waals surface area contributed by atoms with E-state index in [0.29, 0.717) is 20.7 Å². The number of phenolic OH excluding ortho intramolecular Hbond substituents is 1. The van der Waals surface area contributed by atoms with E-state index in [1.54, 1.807) is 24.3 Å². The minimum atomic E-state index is -0.327. The summed E-state index contributed by atoms with van der Waals surface area (Å²) in [5, 5.41) is 12.7. The number of phenols is 1. The number of nitrogens with one attached hydrogen (secondary N) is 1. The average molecular weight is 452 g/mol. The molecule has 1 amide bonds. The second-order valence-electron chi connectivity index (χ2n) is 3.74. The van der Waals surface area contributed by atoms with E-state index in [1.807, 2.05) is 6.07 Å². The molecule has 3 nitrogen and oxygen atoms in total. The van der Waals surface area contributed by atoms with Gasteiger partial charge in [0.05, 0.1) is 15.2 Å². The van der Waals surface area contributed by atoms with Crippen LogP contribution < -0.4 is 5.32 Å². The molecule has 0 aliphatic carbocycles. The van der Waals surface area contributed by atoms with Gasteiger partial charge in [0.15, 0.2) is 0 Å². The normalized spacial score (nSPS) is 10.3. The average Bonchev–Trinajstić information content (AvgIpc) is 2.37. The maximum absolute atomic E-state index is 12.0. The number of carbonyl (C=O) groups is 1. The van der Waals surface area contributed by atoms with Gasteiger partial charge in [0.1, 0.15) is 5.75 Å². The maximum atomic E-state index is 12.0. The lowest BCUT2D eigenvalue weighted by molar-refractivity contribution is 0.102. The highest BCUT2D eigenvalue weighted by Crippen LogP contribution is 2.27. The summed E-state index contributed by atoms with van der Waals surface area (Å²) in [6.45, 7) is 0. The summed E-state index contributed by atoms with van der Waals surface area (Å²) in [6, 6.07) is 9.96. The molecule has 2 rings (SSSR count). The van der Waals surface area contributed by atoms with Gasteiger partial charge < -0.3 is 10.4 Å². The monoisotopic (exact) mass is 451 g/mol. The molecule has 0 aliphatic rings. The fraction of sp³-hybridized carbons (Fsp3) is 0. The van der Waals surface area contributed by atoms with E-state index in [4.69, 9.17) is 11.6 Å². The third-order valence-electron chi connectivity index (χ3n) is 2.38. The Bertz CT molecular complexity index is 649. The SMILES string of the molecule is O=C(Nc1cc(I)ccc1Cl)c1ccc(Br)c(O)c1. The zero-order chi connectivity index (χ0) is 14.0. The van der Waals surface area contributed by atoms with E-state index in [0.717, 1.165) is 3.57 Å². The van der Waals surface area contributed by atoms with Crippen LogP contribution in [-0.4, -0.2) is 11.0 Å². The van der Waals surface area contributed by atoms with Gasteiger partial charge in [0.25, 0.3) is 5.91 Å². The Morgan fingerprint density at radius 3 is 2.68 bits per heavy atom. The molecule has 0 atom stereocenters. The molecule has 2 aromatic rings. The number of anilines is 1. The van der Waals surface area contributed by atoms with Crippen molar-refractivity contribution in [3.63, 3.8) is 0 Å². The van der Waals surface area contributed by atoms with Crippen LogP contribution in [0.25, 0.3) is 0 Å². The summed E-state index contributed by atoms with van der Waals surface area (Å²) < 4.78 is 1.51. The van der Waals surface area contributed by atoms with Crippen LogP contribution in [0.2, 0.25) is 5.02 Å². The molecular weight excluding hydrogens is 444 g/mol. The number of carbonyl (C=O) groups excluding carboxylic acids is 1. The van der Waals surface area contributed by atoms with E-state index in [-0.39, 0.29) is 11.7 Å². The highest BCUT2D eigenvalue weighted by atomic mass is 127. The fourth-order valence-corrected chi connectivity index (χ4v) is 2.34. The largest absolute Gasteiger partial charge is 0.507 e. The Morgan fingerprint density at radius 1 is 1.26 bits per heavy atom. The minimum Gasteiger partial charge on any atom is -0.507 e. The molecule has 2 N–H and O–H groups in total. The van der Waals surface area contributed by atoms with Crippen LogP contribution in [0.4, 0.5) is 5.69 Å². The molecule has 0 saturated heterocycles. The van der Waals surface area contributed by atoms with Crippen molar-refractivity contribution in [1.29, 1.82) is 0 Å². The van der Waals surface area contributed by atoms with Crippen LogP contribution in [0.5, 0.6) is 5.75 Å². The number of hydrogen-bond donors (Lipinski definition) is 2. The predicted molar refractivity (Wildman–Crippen MR) is 87.9 cm³/mol. The Balaban J connectivity index is 2.25. The summed E-state index contributed by atoms with van der Waals surface area (Å²) in [6.07, 6.45) is 0. The summed E-state index contributed by atoms with van der Waals surface area (Å²) in [5.74, 6) is -0.312. The minimum absolute atomic E-state index is 0.0152. The van der Waals surface area contributed by atoms with Gasteiger partial charge >= 0.3 is 0 Å². The van der Waals surface area contributed by atoms with Crippen LogP contribution in [-0.2, 0) is 0 Å². The first-order valence-electron chi connectivity index (χ1n) is 5.22. The highest BCUT2D eigenvalue weighted by molar-refractivity contribution is 14.1. The van der Waals surface area contributed by atoms with Gasteiger partial charge in [-0.05, 0) is 74.9 Å². The van der Waals surface area contributed by atoms with Crippen LogP contribution in [0.15, 0.2) is 40.9 Å². The predicted octanol–water partition coefficient (Wildman–Crippen LogP) is 4.67. The first-order chi connectivity index (χ1) is 8.97. The van der Waals surface area contributed by atoms with E-state index < -0.39 is 0 Å². The quantitative estimate of drug-likeness (QED) is 0.651. The van der Waals surface area contributed by atoms with Gasteiger partial charge in [0, 0.05) is 9.13 Å². The topological polar surface area (TPSA) is 49.3 Å². The number of halogens is 3. The molecule has 0 aliphatic heterocycles. The van der Waals surface area contributed by atoms with Gasteiger partial charge in [-0.15, -0.1) is 0 Å². The van der Waals surface area contributed by atoms with Crippen molar-refractivity contribution in [1.82, 2.24) is 0 Å². The van der Waals surface area contributed by atoms with Crippen molar-refractivity contribution in [2.75, 3.05) is 5.32 Å². The molecule has 98 valence electrons. The van der Waals surface area contributed by atoms with Crippen LogP contribution in [0.3, 0.4) is 0 Å². The van der Waals surface area contributed by atoms with Crippen LogP contribution in [0, 0.1) is 3.57 Å². The van der Waals surface area contributed by atoms with E-state index >= 15 is 0 Å². The van der Waals surface area contributed by atoms with Gasteiger partial charge in [0.2, 0.25) is 0 Å². The van der Waals surface area contributed by atoms with Gasteiger partial charge in [-0.25, -0.2) is 0 Å². The van der Waals surface area contributed by atoms with Crippen LogP contribution in [0.1, 0.15) is 10.4 Å². The number of benzene rings is 2. The Hall–Kier alpha value is -0.790. The zero-order valence-corrected chi connectivity index (χ0v) is 14.0. The molecule has 0 radical (unpaired) electrons. The molecule has 0 fully saturated rings. The number of aromatic hydroxyl groups is 1. The van der Waals surface area contributed by atoms with Crippen molar-refractivity contribution >= 4 is 61.7 Å². The van der Waals surface area contributed by atoms with Crippen LogP contribution >= 0.6 is 50.1 Å². The molecule has 0 spiro atoms. The molecule has 0 saturated carbocycles. The Kier molecular flexibility index (Phi) is 4.70. The number of amides is 1. The highest BCUT2D eigenvalue weighted by Gasteiger charge is 2.10. The molecule has 6 heteroatoms. The summed E-state index contributed by atoms with van der Waals surface area (Å²) in [4.78, 5) is 12.0.